The fourth-order valence-electron chi connectivity index (χ4n) is 5.42. The Balaban J connectivity index is 1.59. The molecule has 0 radical (unpaired) electrons. The Labute approximate surface area is 129 Å². The van der Waals surface area contributed by atoms with Crippen molar-refractivity contribution in [2.75, 3.05) is 5.32 Å². The van der Waals surface area contributed by atoms with Crippen molar-refractivity contribution in [1.82, 2.24) is 0 Å². The lowest BCUT2D eigenvalue weighted by Crippen LogP contribution is -2.51. The highest BCUT2D eigenvalue weighted by Crippen LogP contribution is 2.60. The van der Waals surface area contributed by atoms with Gasteiger partial charge in [-0.3, -0.25) is 4.79 Å². The zero-order valence-electron chi connectivity index (χ0n) is 12.5. The van der Waals surface area contributed by atoms with Gasteiger partial charge in [0.25, 0.3) is 0 Å². The van der Waals surface area contributed by atoms with Gasteiger partial charge in [-0.25, -0.2) is 4.79 Å². The van der Waals surface area contributed by atoms with Gasteiger partial charge >= 0.3 is 5.97 Å². The van der Waals surface area contributed by atoms with Crippen molar-refractivity contribution in [2.24, 2.45) is 23.2 Å². The van der Waals surface area contributed by atoms with Crippen molar-refractivity contribution >= 4 is 17.6 Å². The summed E-state index contributed by atoms with van der Waals surface area (Å²) in [6.07, 6.45) is 6.83. The number of carbonyl (C=O) groups is 2. The van der Waals surface area contributed by atoms with Gasteiger partial charge in [-0.05, 0) is 68.4 Å². The molecule has 1 aromatic carbocycles. The SMILES string of the molecule is O=C(O)c1ccccc1NC(=O)C12CC3CC(CC(C3)C1)C2. The summed E-state index contributed by atoms with van der Waals surface area (Å²) >= 11 is 0. The second kappa shape index (κ2) is 4.83. The molecule has 0 saturated heterocycles. The number of amides is 1. The molecule has 0 aliphatic heterocycles. The average Bonchev–Trinajstić information content (AvgIpc) is 2.46. The van der Waals surface area contributed by atoms with Gasteiger partial charge in [-0.15, -0.1) is 0 Å². The number of para-hydroxylation sites is 1. The number of anilines is 1. The molecule has 4 aliphatic rings. The molecule has 4 fully saturated rings. The Bertz CT molecular complexity index is 602. The zero-order chi connectivity index (χ0) is 15.3. The number of benzene rings is 1. The van der Waals surface area contributed by atoms with Gasteiger partial charge in [-0.1, -0.05) is 12.1 Å². The first-order valence-corrected chi connectivity index (χ1v) is 8.19. The molecule has 0 heterocycles. The lowest BCUT2D eigenvalue weighted by atomic mass is 9.49. The predicted octanol–water partition coefficient (Wildman–Crippen LogP) is 3.54. The standard InChI is InChI=1S/C18H21NO3/c20-16(21)14-3-1-2-4-15(14)19-17(22)18-8-11-5-12(9-18)7-13(6-11)10-18/h1-4,11-13H,5-10H2,(H,19,22)(H,20,21). The van der Waals surface area contributed by atoms with Gasteiger partial charge in [0.15, 0.2) is 0 Å². The Morgan fingerprint density at radius 3 is 2.09 bits per heavy atom. The Morgan fingerprint density at radius 2 is 1.55 bits per heavy atom. The molecule has 22 heavy (non-hydrogen) atoms. The highest BCUT2D eigenvalue weighted by atomic mass is 16.4. The predicted molar refractivity (Wildman–Crippen MR) is 82.6 cm³/mol. The maximum Gasteiger partial charge on any atom is 0.337 e. The van der Waals surface area contributed by atoms with Crippen molar-refractivity contribution < 1.29 is 14.7 Å². The summed E-state index contributed by atoms with van der Waals surface area (Å²) in [5, 5.41) is 12.2. The monoisotopic (exact) mass is 299 g/mol. The topological polar surface area (TPSA) is 66.4 Å². The maximum absolute atomic E-state index is 12.9. The van der Waals surface area contributed by atoms with E-state index < -0.39 is 5.97 Å². The van der Waals surface area contributed by atoms with E-state index in [1.807, 2.05) is 0 Å². The molecule has 0 aromatic heterocycles. The molecule has 0 atom stereocenters. The highest BCUT2D eigenvalue weighted by Gasteiger charge is 2.54. The molecule has 4 bridgehead atoms. The molecule has 4 nitrogen and oxygen atoms in total. The van der Waals surface area contributed by atoms with E-state index in [-0.39, 0.29) is 16.9 Å². The Hall–Kier alpha value is -1.84. The summed E-state index contributed by atoms with van der Waals surface area (Å²) in [6, 6.07) is 6.67. The first-order valence-electron chi connectivity index (χ1n) is 8.19. The number of nitrogens with one attached hydrogen (secondary N) is 1. The fourth-order valence-corrected chi connectivity index (χ4v) is 5.42. The third-order valence-electron chi connectivity index (χ3n) is 5.93. The first-order chi connectivity index (χ1) is 10.6. The second-order valence-electron chi connectivity index (χ2n) is 7.50. The van der Waals surface area contributed by atoms with Crippen LogP contribution in [0.3, 0.4) is 0 Å². The van der Waals surface area contributed by atoms with Crippen molar-refractivity contribution in [3.05, 3.63) is 29.8 Å². The normalized spacial score (nSPS) is 35.4. The van der Waals surface area contributed by atoms with Gasteiger partial charge in [0, 0.05) is 0 Å². The largest absolute Gasteiger partial charge is 0.478 e. The van der Waals surface area contributed by atoms with E-state index in [1.165, 1.54) is 25.3 Å². The Morgan fingerprint density at radius 1 is 1.00 bits per heavy atom. The van der Waals surface area contributed by atoms with Crippen molar-refractivity contribution in [2.45, 2.75) is 38.5 Å². The fraction of sp³-hybridized carbons (Fsp3) is 0.556. The first kappa shape index (κ1) is 13.8. The van der Waals surface area contributed by atoms with Crippen LogP contribution in [0.25, 0.3) is 0 Å². The van der Waals surface area contributed by atoms with Gasteiger partial charge in [0.1, 0.15) is 0 Å². The van der Waals surface area contributed by atoms with E-state index in [1.54, 1.807) is 18.2 Å². The van der Waals surface area contributed by atoms with Crippen LogP contribution in [0.5, 0.6) is 0 Å². The Kier molecular flexibility index (Phi) is 3.03. The van der Waals surface area contributed by atoms with Crippen LogP contribution < -0.4 is 5.32 Å². The van der Waals surface area contributed by atoms with Crippen molar-refractivity contribution in [3.8, 4) is 0 Å². The molecule has 4 saturated carbocycles. The summed E-state index contributed by atoms with van der Waals surface area (Å²) in [6.45, 7) is 0. The third kappa shape index (κ3) is 2.13. The molecule has 5 rings (SSSR count). The van der Waals surface area contributed by atoms with Crippen LogP contribution in [-0.2, 0) is 4.79 Å². The smallest absolute Gasteiger partial charge is 0.337 e. The molecule has 0 spiro atoms. The summed E-state index contributed by atoms with van der Waals surface area (Å²) < 4.78 is 0. The van der Waals surface area contributed by atoms with Gasteiger partial charge < -0.3 is 10.4 Å². The molecular weight excluding hydrogens is 278 g/mol. The summed E-state index contributed by atoms with van der Waals surface area (Å²) in [5.41, 5.74) is 0.344. The number of carboxylic acid groups (broad SMARTS) is 1. The van der Waals surface area contributed by atoms with Gasteiger partial charge in [0.2, 0.25) is 5.91 Å². The van der Waals surface area contributed by atoms with Crippen LogP contribution in [0.15, 0.2) is 24.3 Å². The van der Waals surface area contributed by atoms with Crippen LogP contribution >= 0.6 is 0 Å². The quantitative estimate of drug-likeness (QED) is 0.897. The van der Waals surface area contributed by atoms with Crippen molar-refractivity contribution in [3.63, 3.8) is 0 Å². The summed E-state index contributed by atoms with van der Waals surface area (Å²) in [5.74, 6) is 1.15. The minimum absolute atomic E-state index is 0.0419. The molecule has 4 heteroatoms. The summed E-state index contributed by atoms with van der Waals surface area (Å²) in [4.78, 5) is 24.2. The highest BCUT2D eigenvalue weighted by molar-refractivity contribution is 6.02. The third-order valence-corrected chi connectivity index (χ3v) is 5.93. The number of hydrogen-bond acceptors (Lipinski definition) is 2. The summed E-state index contributed by atoms with van der Waals surface area (Å²) in [7, 11) is 0. The molecular formula is C18H21NO3. The minimum Gasteiger partial charge on any atom is -0.478 e. The molecule has 1 amide bonds. The van der Waals surface area contributed by atoms with Crippen LogP contribution in [0, 0.1) is 23.2 Å². The molecule has 4 aliphatic carbocycles. The van der Waals surface area contributed by atoms with E-state index >= 15 is 0 Å². The van der Waals surface area contributed by atoms with E-state index in [0.29, 0.717) is 23.4 Å². The zero-order valence-corrected chi connectivity index (χ0v) is 12.5. The van der Waals surface area contributed by atoms with Gasteiger partial charge in [0.05, 0.1) is 16.7 Å². The van der Waals surface area contributed by atoms with Crippen LogP contribution in [0.2, 0.25) is 0 Å². The number of carbonyl (C=O) groups excluding carboxylic acids is 1. The molecule has 116 valence electrons. The molecule has 2 N–H and O–H groups in total. The van der Waals surface area contributed by atoms with E-state index in [0.717, 1.165) is 19.3 Å². The lowest BCUT2D eigenvalue weighted by molar-refractivity contribution is -0.140. The number of carboxylic acids is 1. The molecule has 1 aromatic rings. The van der Waals surface area contributed by atoms with Crippen LogP contribution in [-0.4, -0.2) is 17.0 Å². The molecule has 0 unspecified atom stereocenters. The van der Waals surface area contributed by atoms with E-state index in [9.17, 15) is 14.7 Å². The van der Waals surface area contributed by atoms with E-state index in [4.69, 9.17) is 0 Å². The minimum atomic E-state index is -0.999. The maximum atomic E-state index is 12.9. The van der Waals surface area contributed by atoms with E-state index in [2.05, 4.69) is 5.32 Å². The average molecular weight is 299 g/mol. The second-order valence-corrected chi connectivity index (χ2v) is 7.50. The van der Waals surface area contributed by atoms with Crippen molar-refractivity contribution in [1.29, 1.82) is 0 Å². The number of aromatic carboxylic acids is 1. The number of rotatable bonds is 3. The van der Waals surface area contributed by atoms with Gasteiger partial charge in [-0.2, -0.15) is 0 Å². The lowest BCUT2D eigenvalue weighted by Gasteiger charge is -2.55. The van der Waals surface area contributed by atoms with Crippen LogP contribution in [0.1, 0.15) is 48.9 Å². The number of hydrogen-bond donors (Lipinski definition) is 2. The van der Waals surface area contributed by atoms with Crippen LogP contribution in [0.4, 0.5) is 5.69 Å².